The number of para-hydroxylation sites is 1. The van der Waals surface area contributed by atoms with Gasteiger partial charge in [0.05, 0.1) is 16.7 Å². The molecule has 5 heteroatoms. The van der Waals surface area contributed by atoms with Crippen LogP contribution in [0.4, 0.5) is 0 Å². The lowest BCUT2D eigenvalue weighted by atomic mass is 9.98. The average Bonchev–Trinajstić information content (AvgIpc) is 3.92. The van der Waals surface area contributed by atoms with Crippen LogP contribution >= 0.6 is 0 Å². The summed E-state index contributed by atoms with van der Waals surface area (Å²) >= 11 is 0. The van der Waals surface area contributed by atoms with Gasteiger partial charge in [0, 0.05) is 43.8 Å². The number of furan rings is 1. The molecular formula is C61H36N4O. The van der Waals surface area contributed by atoms with Gasteiger partial charge in [-0.2, -0.15) is 0 Å². The number of rotatable bonds is 5. The van der Waals surface area contributed by atoms with Crippen molar-refractivity contribution in [3.8, 4) is 51.0 Å². The highest BCUT2D eigenvalue weighted by atomic mass is 16.3. The number of benzene rings is 11. The van der Waals surface area contributed by atoms with Crippen LogP contribution in [0.5, 0.6) is 0 Å². The van der Waals surface area contributed by atoms with E-state index in [-0.39, 0.29) is 0 Å². The highest BCUT2D eigenvalue weighted by Crippen LogP contribution is 2.43. The molecule has 0 amide bonds. The van der Waals surface area contributed by atoms with Gasteiger partial charge in [-0.05, 0) is 115 Å². The molecule has 11 aromatic carbocycles. The van der Waals surface area contributed by atoms with Crippen molar-refractivity contribution in [1.82, 2.24) is 19.5 Å². The SMILES string of the molecule is c1ccc2cc(-c3nc(-c4ccc(-n5c6cc7ccccc7cc6c6c7ccccc7ccc65)c(-c5ccc6c(c5)oc5ccccc56)c4)nc(-c4ccc5ccccc5c4)n3)ccc2c1. The minimum Gasteiger partial charge on any atom is -0.456 e. The van der Waals surface area contributed by atoms with Crippen LogP contribution in [-0.4, -0.2) is 19.5 Å². The monoisotopic (exact) mass is 840 g/mol. The van der Waals surface area contributed by atoms with E-state index in [4.69, 9.17) is 19.4 Å². The zero-order valence-electron chi connectivity index (χ0n) is 35.5. The van der Waals surface area contributed by atoms with Crippen molar-refractivity contribution in [2.75, 3.05) is 0 Å². The van der Waals surface area contributed by atoms with E-state index in [1.54, 1.807) is 0 Å². The molecule has 3 heterocycles. The van der Waals surface area contributed by atoms with Crippen molar-refractivity contribution in [2.45, 2.75) is 0 Å². The normalized spacial score (nSPS) is 11.9. The minimum atomic E-state index is 0.591. The lowest BCUT2D eigenvalue weighted by Crippen LogP contribution is -2.02. The molecule has 14 rings (SSSR count). The van der Waals surface area contributed by atoms with Gasteiger partial charge in [0.2, 0.25) is 0 Å². The first kappa shape index (κ1) is 36.5. The summed E-state index contributed by atoms with van der Waals surface area (Å²) in [4.78, 5) is 15.8. The summed E-state index contributed by atoms with van der Waals surface area (Å²) in [6.45, 7) is 0. The van der Waals surface area contributed by atoms with Crippen LogP contribution in [0.3, 0.4) is 0 Å². The quantitative estimate of drug-likeness (QED) is 0.173. The van der Waals surface area contributed by atoms with Gasteiger partial charge in [-0.1, -0.05) is 152 Å². The summed E-state index contributed by atoms with van der Waals surface area (Å²) in [6.07, 6.45) is 0. The molecule has 0 aliphatic heterocycles. The van der Waals surface area contributed by atoms with Crippen molar-refractivity contribution in [3.63, 3.8) is 0 Å². The van der Waals surface area contributed by atoms with E-state index in [9.17, 15) is 0 Å². The third kappa shape index (κ3) is 5.77. The van der Waals surface area contributed by atoms with Crippen LogP contribution < -0.4 is 0 Å². The first-order valence-corrected chi connectivity index (χ1v) is 22.3. The fourth-order valence-corrected chi connectivity index (χ4v) is 10.1. The van der Waals surface area contributed by atoms with E-state index in [1.807, 2.05) is 12.1 Å². The van der Waals surface area contributed by atoms with E-state index in [1.165, 1.54) is 32.3 Å². The molecule has 14 aromatic rings. The van der Waals surface area contributed by atoms with E-state index >= 15 is 0 Å². The zero-order valence-corrected chi connectivity index (χ0v) is 35.5. The molecule has 0 unspecified atom stereocenters. The molecule has 0 saturated carbocycles. The van der Waals surface area contributed by atoms with Gasteiger partial charge in [0.1, 0.15) is 11.2 Å². The van der Waals surface area contributed by atoms with Gasteiger partial charge < -0.3 is 8.98 Å². The maximum absolute atomic E-state index is 6.55. The third-order valence-electron chi connectivity index (χ3n) is 13.4. The summed E-state index contributed by atoms with van der Waals surface area (Å²) in [6, 6.07) is 77.7. The topological polar surface area (TPSA) is 56.7 Å². The van der Waals surface area contributed by atoms with Crippen LogP contribution in [0, 0.1) is 0 Å². The molecule has 0 spiro atoms. The molecule has 0 N–H and O–H groups in total. The van der Waals surface area contributed by atoms with Crippen molar-refractivity contribution in [3.05, 3.63) is 218 Å². The molecule has 0 atom stereocenters. The van der Waals surface area contributed by atoms with Crippen LogP contribution in [0.15, 0.2) is 223 Å². The van der Waals surface area contributed by atoms with Crippen molar-refractivity contribution in [2.24, 2.45) is 0 Å². The second kappa shape index (κ2) is 14.3. The maximum atomic E-state index is 6.55. The second-order valence-corrected chi connectivity index (χ2v) is 17.2. The van der Waals surface area contributed by atoms with E-state index in [2.05, 4.69) is 211 Å². The molecule has 0 radical (unpaired) electrons. The molecule has 5 nitrogen and oxygen atoms in total. The second-order valence-electron chi connectivity index (χ2n) is 17.2. The lowest BCUT2D eigenvalue weighted by Gasteiger charge is -2.17. The predicted octanol–water partition coefficient (Wildman–Crippen LogP) is 16.1. The standard InChI is InChI=1S/C61H36N4O/c1-3-14-40-31-45(23-21-37(40)11-1)59-62-60(46-24-22-38-12-2-4-15-41(38)32-46)64-61(63-59)47-27-29-53(51(34-47)44-25-28-50-49-19-9-10-20-56(49)66-57(50)36-44)65-54-30-26-39-13-7-8-18-48(39)58(54)52-33-42-16-5-6-17-43(42)35-55(52)65/h1-36H. The Morgan fingerprint density at radius 2 is 0.803 bits per heavy atom. The summed E-state index contributed by atoms with van der Waals surface area (Å²) in [7, 11) is 0. The molecule has 3 aromatic heterocycles. The third-order valence-corrected chi connectivity index (χ3v) is 13.4. The molecule has 0 fully saturated rings. The van der Waals surface area contributed by atoms with Gasteiger partial charge in [-0.15, -0.1) is 0 Å². The Balaban J connectivity index is 1.05. The Morgan fingerprint density at radius 1 is 0.303 bits per heavy atom. The Morgan fingerprint density at radius 3 is 1.48 bits per heavy atom. The Hall–Kier alpha value is -8.93. The fourth-order valence-electron chi connectivity index (χ4n) is 10.1. The Kier molecular flexibility index (Phi) is 7.91. The number of aromatic nitrogens is 4. The Bertz CT molecular complexity index is 4210. The summed E-state index contributed by atoms with van der Waals surface area (Å²) in [5.74, 6) is 1.82. The minimum absolute atomic E-state index is 0.591. The molecule has 66 heavy (non-hydrogen) atoms. The highest BCUT2D eigenvalue weighted by molar-refractivity contribution is 6.23. The van der Waals surface area contributed by atoms with Gasteiger partial charge in [0.25, 0.3) is 0 Å². The predicted molar refractivity (Wildman–Crippen MR) is 273 cm³/mol. The smallest absolute Gasteiger partial charge is 0.164 e. The van der Waals surface area contributed by atoms with Crippen molar-refractivity contribution < 1.29 is 4.42 Å². The van der Waals surface area contributed by atoms with E-state index < -0.39 is 0 Å². The summed E-state index contributed by atoms with van der Waals surface area (Å²) in [5, 5.41) is 14.0. The molecule has 0 saturated heterocycles. The lowest BCUT2D eigenvalue weighted by molar-refractivity contribution is 0.669. The first-order valence-electron chi connectivity index (χ1n) is 22.3. The first-order chi connectivity index (χ1) is 32.7. The van der Waals surface area contributed by atoms with Crippen LogP contribution in [-0.2, 0) is 0 Å². The molecule has 306 valence electrons. The van der Waals surface area contributed by atoms with Crippen molar-refractivity contribution in [1.29, 1.82) is 0 Å². The number of hydrogen-bond donors (Lipinski definition) is 0. The molecule has 0 bridgehead atoms. The summed E-state index contributed by atoms with van der Waals surface area (Å²) < 4.78 is 8.99. The fraction of sp³-hybridized carbons (Fsp3) is 0. The van der Waals surface area contributed by atoms with Gasteiger partial charge in [-0.3, -0.25) is 0 Å². The van der Waals surface area contributed by atoms with Crippen molar-refractivity contribution >= 4 is 86.8 Å². The largest absolute Gasteiger partial charge is 0.456 e. The van der Waals surface area contributed by atoms with Gasteiger partial charge >= 0.3 is 0 Å². The van der Waals surface area contributed by atoms with Crippen LogP contribution in [0.25, 0.3) is 138 Å². The Labute approximate surface area is 378 Å². The zero-order chi connectivity index (χ0) is 43.3. The summed E-state index contributed by atoms with van der Waals surface area (Å²) in [5.41, 5.74) is 9.79. The number of nitrogens with zero attached hydrogens (tertiary/aromatic N) is 4. The van der Waals surface area contributed by atoms with E-state index in [0.717, 1.165) is 88.0 Å². The average molecular weight is 841 g/mol. The maximum Gasteiger partial charge on any atom is 0.164 e. The molecule has 0 aliphatic carbocycles. The van der Waals surface area contributed by atoms with Crippen LogP contribution in [0.1, 0.15) is 0 Å². The molecule has 0 aliphatic rings. The number of hydrogen-bond acceptors (Lipinski definition) is 4. The molecular weight excluding hydrogens is 805 g/mol. The highest BCUT2D eigenvalue weighted by Gasteiger charge is 2.22. The van der Waals surface area contributed by atoms with Gasteiger partial charge in [-0.25, -0.2) is 15.0 Å². The number of fused-ring (bicyclic) bond motifs is 11. The van der Waals surface area contributed by atoms with Gasteiger partial charge in [0.15, 0.2) is 17.5 Å². The van der Waals surface area contributed by atoms with E-state index in [0.29, 0.717) is 17.5 Å². The van der Waals surface area contributed by atoms with Crippen LogP contribution in [0.2, 0.25) is 0 Å².